The minimum atomic E-state index is -0.507. The number of fused-ring (bicyclic) bond motifs is 1. The third kappa shape index (κ3) is 12.8. The summed E-state index contributed by atoms with van der Waals surface area (Å²) in [5.74, 6) is 0.952. The second kappa shape index (κ2) is 17.3. The third-order valence-electron chi connectivity index (χ3n) is 3.62. The fraction of sp³-hybridized carbons (Fsp3) is 0.0741. The van der Waals surface area contributed by atoms with Crippen LogP contribution in [0.3, 0.4) is 0 Å². The molecule has 0 unspecified atom stereocenters. The summed E-state index contributed by atoms with van der Waals surface area (Å²) in [5.41, 5.74) is 0.892. The Morgan fingerprint density at radius 1 is 0.818 bits per heavy atom. The Kier molecular flexibility index (Phi) is 14.9. The normalized spacial score (nSPS) is 9.52. The molecule has 0 bridgehead atoms. The Labute approximate surface area is 194 Å². The summed E-state index contributed by atoms with van der Waals surface area (Å²) in [5, 5.41) is 2.12. The van der Waals surface area contributed by atoms with Gasteiger partial charge in [0.25, 0.3) is 0 Å². The first-order valence-electron chi connectivity index (χ1n) is 9.55. The Bertz CT molecular complexity index is 1020. The van der Waals surface area contributed by atoms with Gasteiger partial charge in [-0.15, -0.1) is 0 Å². The molecule has 0 saturated carbocycles. The zero-order valence-electron chi connectivity index (χ0n) is 18.9. The first-order chi connectivity index (χ1) is 15.8. The van der Waals surface area contributed by atoms with E-state index in [1.165, 1.54) is 31.4 Å². The highest BCUT2D eigenvalue weighted by Gasteiger charge is 2.01. The number of rotatable bonds is 9. The molecule has 0 saturated heterocycles. The van der Waals surface area contributed by atoms with Crippen molar-refractivity contribution in [3.05, 3.63) is 110 Å². The third-order valence-corrected chi connectivity index (χ3v) is 3.62. The molecular weight excluding hydrogens is 420 g/mol. The number of carbonyl (C=O) groups excluding carboxylic acids is 3. The van der Waals surface area contributed by atoms with E-state index >= 15 is 0 Å². The topological polar surface area (TPSA) is 78.9 Å². The molecule has 0 N–H and O–H groups in total. The average Bonchev–Trinajstić information content (AvgIpc) is 2.85. The molecule has 0 aliphatic heterocycles. The smallest absolute Gasteiger partial charge is 0.336 e. The molecule has 6 heteroatoms. The molecule has 0 amide bonds. The van der Waals surface area contributed by atoms with Gasteiger partial charge in [0.1, 0.15) is 29.8 Å². The molecule has 0 atom stereocenters. The number of ether oxygens (including phenoxy) is 3. The van der Waals surface area contributed by atoms with E-state index in [-0.39, 0.29) is 5.76 Å². The van der Waals surface area contributed by atoms with Crippen molar-refractivity contribution in [2.24, 2.45) is 0 Å². The SMILES string of the molecule is C=C(/C=C\C(=C)OC(=O)/C=C\c1ccc2cc(OC)ccc2c1)OC.C=CC=O.C=CC=O. The summed E-state index contributed by atoms with van der Waals surface area (Å²) in [6.45, 7) is 13.5. The van der Waals surface area contributed by atoms with Gasteiger partial charge in [0.05, 0.1) is 14.2 Å². The zero-order valence-corrected chi connectivity index (χ0v) is 18.9. The Morgan fingerprint density at radius 3 is 1.91 bits per heavy atom. The Morgan fingerprint density at radius 2 is 1.36 bits per heavy atom. The Balaban J connectivity index is 0.00000111. The number of allylic oxidation sites excluding steroid dienone is 4. The van der Waals surface area contributed by atoms with Crippen LogP contribution >= 0.6 is 0 Å². The van der Waals surface area contributed by atoms with Crippen LogP contribution in [0.15, 0.2) is 105 Å². The highest BCUT2D eigenvalue weighted by molar-refractivity contribution is 5.90. The van der Waals surface area contributed by atoms with E-state index in [4.69, 9.17) is 23.8 Å². The summed E-state index contributed by atoms with van der Waals surface area (Å²) in [4.78, 5) is 29.9. The van der Waals surface area contributed by atoms with E-state index in [0.29, 0.717) is 18.3 Å². The predicted octanol–water partition coefficient (Wildman–Crippen LogP) is 5.38. The number of benzene rings is 2. The molecule has 0 aliphatic carbocycles. The van der Waals surface area contributed by atoms with Crippen molar-refractivity contribution < 1.29 is 28.6 Å². The molecule has 0 fully saturated rings. The van der Waals surface area contributed by atoms with E-state index in [1.54, 1.807) is 19.3 Å². The molecule has 0 aliphatic rings. The van der Waals surface area contributed by atoms with Crippen LogP contribution in [0.2, 0.25) is 0 Å². The quantitative estimate of drug-likeness (QED) is 0.169. The number of hydrogen-bond acceptors (Lipinski definition) is 6. The van der Waals surface area contributed by atoms with E-state index in [0.717, 1.165) is 22.1 Å². The van der Waals surface area contributed by atoms with Gasteiger partial charge in [-0.2, -0.15) is 0 Å². The van der Waals surface area contributed by atoms with Crippen molar-refractivity contribution >= 4 is 35.4 Å². The molecule has 0 radical (unpaired) electrons. The van der Waals surface area contributed by atoms with Crippen LogP contribution in [0.25, 0.3) is 16.8 Å². The summed E-state index contributed by atoms with van der Waals surface area (Å²) in [6.07, 6.45) is 9.80. The van der Waals surface area contributed by atoms with Gasteiger partial charge in [0.15, 0.2) is 0 Å². The van der Waals surface area contributed by atoms with Gasteiger partial charge in [-0.1, -0.05) is 44.5 Å². The molecule has 172 valence electrons. The lowest BCUT2D eigenvalue weighted by Crippen LogP contribution is -1.98. The fourth-order valence-electron chi connectivity index (χ4n) is 2.09. The molecule has 0 heterocycles. The van der Waals surface area contributed by atoms with Crippen molar-refractivity contribution in [3.63, 3.8) is 0 Å². The van der Waals surface area contributed by atoms with Gasteiger partial charge in [-0.05, 0) is 64.9 Å². The summed E-state index contributed by atoms with van der Waals surface area (Å²) in [6, 6.07) is 11.7. The second-order valence-electron chi connectivity index (χ2n) is 5.94. The maximum atomic E-state index is 11.8. The number of aldehydes is 2. The lowest BCUT2D eigenvalue weighted by molar-refractivity contribution is -0.133. The van der Waals surface area contributed by atoms with Crippen molar-refractivity contribution in [1.82, 2.24) is 0 Å². The van der Waals surface area contributed by atoms with E-state index in [2.05, 4.69) is 26.3 Å². The van der Waals surface area contributed by atoms with E-state index in [1.807, 2.05) is 36.4 Å². The molecule has 0 spiro atoms. The highest BCUT2D eigenvalue weighted by Crippen LogP contribution is 2.22. The average molecular weight is 449 g/mol. The summed E-state index contributed by atoms with van der Waals surface area (Å²) < 4.78 is 15.1. The van der Waals surface area contributed by atoms with Gasteiger partial charge in [0.2, 0.25) is 0 Å². The van der Waals surface area contributed by atoms with Crippen LogP contribution in [0.5, 0.6) is 5.75 Å². The van der Waals surface area contributed by atoms with Crippen molar-refractivity contribution in [1.29, 1.82) is 0 Å². The first-order valence-corrected chi connectivity index (χ1v) is 9.55. The van der Waals surface area contributed by atoms with Gasteiger partial charge >= 0.3 is 5.97 Å². The number of methoxy groups -OCH3 is 2. The van der Waals surface area contributed by atoms with Gasteiger partial charge in [-0.3, -0.25) is 9.59 Å². The molecule has 2 rings (SSSR count). The van der Waals surface area contributed by atoms with Crippen molar-refractivity contribution in [2.45, 2.75) is 0 Å². The molecule has 2 aromatic rings. The van der Waals surface area contributed by atoms with Crippen LogP contribution in [0.1, 0.15) is 5.56 Å². The monoisotopic (exact) mass is 448 g/mol. The first kappa shape index (κ1) is 28.5. The maximum Gasteiger partial charge on any atom is 0.336 e. The number of carbonyl (C=O) groups is 3. The van der Waals surface area contributed by atoms with E-state index < -0.39 is 5.97 Å². The molecule has 2 aromatic carbocycles. The van der Waals surface area contributed by atoms with Gasteiger partial charge in [0, 0.05) is 6.08 Å². The second-order valence-corrected chi connectivity index (χ2v) is 5.94. The van der Waals surface area contributed by atoms with Crippen LogP contribution in [0, 0.1) is 0 Å². The van der Waals surface area contributed by atoms with Crippen LogP contribution < -0.4 is 4.74 Å². The molecule has 0 aromatic heterocycles. The van der Waals surface area contributed by atoms with Crippen LogP contribution in [0.4, 0.5) is 0 Å². The van der Waals surface area contributed by atoms with Crippen molar-refractivity contribution in [3.8, 4) is 5.75 Å². The summed E-state index contributed by atoms with van der Waals surface area (Å²) >= 11 is 0. The Hall–Kier alpha value is -4.45. The van der Waals surface area contributed by atoms with Gasteiger partial charge in [-0.25, -0.2) is 4.79 Å². The lowest BCUT2D eigenvalue weighted by Gasteiger charge is -2.03. The van der Waals surface area contributed by atoms with Crippen molar-refractivity contribution in [2.75, 3.05) is 14.2 Å². The van der Waals surface area contributed by atoms with E-state index in [9.17, 15) is 4.79 Å². The number of esters is 1. The summed E-state index contributed by atoms with van der Waals surface area (Å²) in [7, 11) is 3.14. The predicted molar refractivity (Wildman–Crippen MR) is 133 cm³/mol. The largest absolute Gasteiger partial charge is 0.497 e. The van der Waals surface area contributed by atoms with Gasteiger partial charge < -0.3 is 14.2 Å². The molecule has 6 nitrogen and oxygen atoms in total. The van der Waals surface area contributed by atoms with Crippen LogP contribution in [-0.2, 0) is 23.9 Å². The lowest BCUT2D eigenvalue weighted by atomic mass is 10.1. The molecular formula is C27H28O6. The minimum Gasteiger partial charge on any atom is -0.497 e. The standard InChI is InChI=1S/C21H20O4.2C3H4O/c1-15(23-3)5-6-16(2)25-21(22)12-8-17-7-9-19-14-20(24-4)11-10-18(19)13-17;2*1-2-3-4/h5-14H,1-2H2,3-4H3;2*2-3H,1H2/b6-5-,12-8-;;. The minimum absolute atomic E-state index is 0.207. The van der Waals surface area contributed by atoms with Crippen LogP contribution in [-0.4, -0.2) is 32.8 Å². The molecule has 33 heavy (non-hydrogen) atoms. The number of hydrogen-bond donors (Lipinski definition) is 0. The maximum absolute atomic E-state index is 11.8. The zero-order chi connectivity index (χ0) is 25.1. The fourth-order valence-corrected chi connectivity index (χ4v) is 2.09. The highest BCUT2D eigenvalue weighted by atomic mass is 16.5.